The van der Waals surface area contributed by atoms with Crippen LogP contribution in [0.5, 0.6) is 0 Å². The van der Waals surface area contributed by atoms with Crippen molar-refractivity contribution in [1.82, 2.24) is 30.4 Å². The fourth-order valence-corrected chi connectivity index (χ4v) is 4.51. The molecule has 6 rings (SSSR count). The van der Waals surface area contributed by atoms with E-state index in [1.165, 1.54) is 0 Å². The highest BCUT2D eigenvalue weighted by Crippen LogP contribution is 2.33. The first-order valence-corrected chi connectivity index (χ1v) is 11.2. The second-order valence-electron chi connectivity index (χ2n) is 8.42. The number of nitrogens with two attached hydrogens (primary N) is 1. The van der Waals surface area contributed by atoms with Crippen molar-refractivity contribution in [3.8, 4) is 17.2 Å². The maximum atomic E-state index is 9.06. The Kier molecular flexibility index (Phi) is 4.93. The van der Waals surface area contributed by atoms with Crippen LogP contribution < -0.4 is 5.73 Å². The Labute approximate surface area is 200 Å². The zero-order chi connectivity index (χ0) is 23.8. The van der Waals surface area contributed by atoms with Crippen LogP contribution in [-0.4, -0.2) is 30.4 Å². The molecule has 0 spiro atoms. The van der Waals surface area contributed by atoms with Crippen LogP contribution >= 0.6 is 0 Å². The molecule has 0 fully saturated rings. The number of aromatic nitrogens is 6. The number of rotatable bonds is 5. The third-order valence-electron chi connectivity index (χ3n) is 6.20. The molecule has 0 saturated heterocycles. The lowest BCUT2D eigenvalue weighted by Gasteiger charge is -2.17. The Hall–Kier alpha value is -5.03. The first-order chi connectivity index (χ1) is 17.2. The normalized spacial score (nSPS) is 12.1. The van der Waals surface area contributed by atoms with Crippen molar-refractivity contribution in [3.63, 3.8) is 0 Å². The van der Waals surface area contributed by atoms with Crippen LogP contribution in [0.2, 0.25) is 0 Å². The van der Waals surface area contributed by atoms with Crippen LogP contribution in [0.1, 0.15) is 28.4 Å². The average molecular weight is 457 g/mol. The van der Waals surface area contributed by atoms with Crippen molar-refractivity contribution in [3.05, 3.63) is 101 Å². The molecule has 0 aliphatic rings. The minimum absolute atomic E-state index is 0.0485. The second kappa shape index (κ2) is 8.39. The van der Waals surface area contributed by atoms with Gasteiger partial charge in [0.05, 0.1) is 22.7 Å². The summed E-state index contributed by atoms with van der Waals surface area (Å²) in [5.41, 5.74) is 14.1. The number of nitriles is 1. The topological polar surface area (TPSA) is 133 Å². The SMILES string of the molecule is N#Cc1ccc(-c2ccc3nc(C[C@H](c4ccccc4)c4cc(N)nc5[nH]nnc45)[nH]c3c2)cc1. The number of H-pyrrole nitrogens is 2. The smallest absolute Gasteiger partial charge is 0.178 e. The summed E-state index contributed by atoms with van der Waals surface area (Å²) in [5, 5.41) is 20.1. The Bertz CT molecular complexity index is 1690. The Morgan fingerprint density at radius 1 is 0.914 bits per heavy atom. The molecule has 0 amide bonds. The molecule has 0 saturated carbocycles. The van der Waals surface area contributed by atoms with Gasteiger partial charge in [0.1, 0.15) is 17.2 Å². The second-order valence-corrected chi connectivity index (χ2v) is 8.42. The van der Waals surface area contributed by atoms with Crippen molar-refractivity contribution < 1.29 is 0 Å². The number of pyridine rings is 1. The standard InChI is InChI=1S/C27H20N8/c28-15-16-6-8-17(9-7-16)19-10-11-22-23(12-19)31-25(30-22)14-20(18-4-2-1-3-5-18)21-13-24(29)32-27-26(21)33-35-34-27/h1-13,20H,14H2,(H,30,31)(H3,29,32,33,34,35)/t20-/m1/s1. The summed E-state index contributed by atoms with van der Waals surface area (Å²) in [6.07, 6.45) is 0.621. The predicted octanol–water partition coefficient (Wildman–Crippen LogP) is 4.72. The lowest BCUT2D eigenvalue weighted by Crippen LogP contribution is -2.08. The first-order valence-electron chi connectivity index (χ1n) is 11.2. The number of fused-ring (bicyclic) bond motifs is 2. The molecule has 0 aliphatic carbocycles. The molecule has 3 aromatic carbocycles. The molecule has 8 nitrogen and oxygen atoms in total. The summed E-state index contributed by atoms with van der Waals surface area (Å²) in [6.45, 7) is 0. The van der Waals surface area contributed by atoms with Gasteiger partial charge in [0.2, 0.25) is 0 Å². The van der Waals surface area contributed by atoms with Gasteiger partial charge in [-0.1, -0.05) is 53.7 Å². The average Bonchev–Trinajstić information content (AvgIpc) is 3.53. The van der Waals surface area contributed by atoms with E-state index >= 15 is 0 Å². The number of imidazole rings is 1. The molecule has 0 aliphatic heterocycles. The lowest BCUT2D eigenvalue weighted by molar-refractivity contribution is 0.771. The fourth-order valence-electron chi connectivity index (χ4n) is 4.51. The zero-order valence-electron chi connectivity index (χ0n) is 18.6. The van der Waals surface area contributed by atoms with Crippen LogP contribution in [0.4, 0.5) is 5.82 Å². The van der Waals surface area contributed by atoms with Crippen LogP contribution in [0, 0.1) is 11.3 Å². The van der Waals surface area contributed by atoms with Gasteiger partial charge < -0.3 is 10.7 Å². The van der Waals surface area contributed by atoms with Crippen molar-refractivity contribution in [1.29, 1.82) is 5.26 Å². The number of benzene rings is 3. The highest BCUT2D eigenvalue weighted by molar-refractivity contribution is 5.82. The molecule has 4 N–H and O–H groups in total. The molecule has 0 unspecified atom stereocenters. The number of aromatic amines is 2. The molecular formula is C27H20N8. The monoisotopic (exact) mass is 456 g/mol. The van der Waals surface area contributed by atoms with E-state index < -0.39 is 0 Å². The maximum absolute atomic E-state index is 9.06. The van der Waals surface area contributed by atoms with E-state index in [1.54, 1.807) is 0 Å². The van der Waals surface area contributed by atoms with Crippen molar-refractivity contribution in [2.45, 2.75) is 12.3 Å². The summed E-state index contributed by atoms with van der Waals surface area (Å²) in [5.74, 6) is 1.22. The Balaban J connectivity index is 1.40. The van der Waals surface area contributed by atoms with Crippen LogP contribution in [0.25, 0.3) is 33.3 Å². The summed E-state index contributed by atoms with van der Waals surface area (Å²) >= 11 is 0. The van der Waals surface area contributed by atoms with E-state index in [0.717, 1.165) is 39.1 Å². The molecule has 35 heavy (non-hydrogen) atoms. The number of hydrogen-bond donors (Lipinski definition) is 3. The van der Waals surface area contributed by atoms with E-state index in [0.29, 0.717) is 29.0 Å². The third-order valence-corrected chi connectivity index (χ3v) is 6.20. The highest BCUT2D eigenvalue weighted by Gasteiger charge is 2.22. The largest absolute Gasteiger partial charge is 0.384 e. The van der Waals surface area contributed by atoms with E-state index in [-0.39, 0.29) is 5.92 Å². The van der Waals surface area contributed by atoms with Gasteiger partial charge in [0.25, 0.3) is 0 Å². The zero-order valence-corrected chi connectivity index (χ0v) is 18.6. The molecule has 3 heterocycles. The molecule has 3 aromatic heterocycles. The predicted molar refractivity (Wildman–Crippen MR) is 134 cm³/mol. The van der Waals surface area contributed by atoms with E-state index in [9.17, 15) is 0 Å². The highest BCUT2D eigenvalue weighted by atomic mass is 15.3. The van der Waals surface area contributed by atoms with Crippen LogP contribution in [-0.2, 0) is 6.42 Å². The summed E-state index contributed by atoms with van der Waals surface area (Å²) in [4.78, 5) is 12.7. The number of nitrogens with zero attached hydrogens (tertiary/aromatic N) is 5. The minimum atomic E-state index is -0.0485. The molecule has 6 aromatic rings. The maximum Gasteiger partial charge on any atom is 0.178 e. The van der Waals surface area contributed by atoms with E-state index in [2.05, 4.69) is 49.6 Å². The quantitative estimate of drug-likeness (QED) is 0.344. The molecule has 0 radical (unpaired) electrons. The molecule has 8 heteroatoms. The van der Waals surface area contributed by atoms with Gasteiger partial charge in [-0.2, -0.15) is 5.26 Å². The Morgan fingerprint density at radius 3 is 2.51 bits per heavy atom. The fraction of sp³-hybridized carbons (Fsp3) is 0.0741. The van der Waals surface area contributed by atoms with Crippen LogP contribution in [0.15, 0.2) is 78.9 Å². The van der Waals surface area contributed by atoms with Gasteiger partial charge in [0.15, 0.2) is 5.65 Å². The summed E-state index contributed by atoms with van der Waals surface area (Å²) in [6, 6.07) is 28.0. The van der Waals surface area contributed by atoms with Crippen LogP contribution in [0.3, 0.4) is 0 Å². The third kappa shape index (κ3) is 3.85. The Morgan fingerprint density at radius 2 is 1.71 bits per heavy atom. The number of nitrogen functional groups attached to an aromatic ring is 1. The van der Waals surface area contributed by atoms with E-state index in [1.807, 2.05) is 60.7 Å². The molecule has 0 bridgehead atoms. The molecular weight excluding hydrogens is 436 g/mol. The van der Waals surface area contributed by atoms with Gasteiger partial charge in [-0.25, -0.2) is 15.1 Å². The van der Waals surface area contributed by atoms with Gasteiger partial charge in [-0.3, -0.25) is 0 Å². The van der Waals surface area contributed by atoms with Crippen molar-refractivity contribution >= 4 is 28.0 Å². The summed E-state index contributed by atoms with van der Waals surface area (Å²) in [7, 11) is 0. The molecule has 168 valence electrons. The number of nitrogens with one attached hydrogen (secondary N) is 2. The van der Waals surface area contributed by atoms with Gasteiger partial charge in [-0.05, 0) is 52.6 Å². The van der Waals surface area contributed by atoms with Gasteiger partial charge in [0, 0.05) is 12.3 Å². The van der Waals surface area contributed by atoms with Crippen molar-refractivity contribution in [2.75, 3.05) is 5.73 Å². The number of hydrogen-bond acceptors (Lipinski definition) is 6. The first kappa shape index (κ1) is 20.6. The summed E-state index contributed by atoms with van der Waals surface area (Å²) < 4.78 is 0. The minimum Gasteiger partial charge on any atom is -0.384 e. The number of anilines is 1. The van der Waals surface area contributed by atoms with E-state index in [4.69, 9.17) is 16.0 Å². The van der Waals surface area contributed by atoms with Gasteiger partial charge >= 0.3 is 0 Å². The lowest BCUT2D eigenvalue weighted by atomic mass is 9.88. The molecule has 1 atom stereocenters. The van der Waals surface area contributed by atoms with Crippen molar-refractivity contribution in [2.24, 2.45) is 0 Å². The van der Waals surface area contributed by atoms with Gasteiger partial charge in [-0.15, -0.1) is 5.10 Å².